The van der Waals surface area contributed by atoms with Gasteiger partial charge in [0.1, 0.15) is 5.75 Å². The van der Waals surface area contributed by atoms with Gasteiger partial charge in [-0.1, -0.05) is 19.9 Å². The van der Waals surface area contributed by atoms with Crippen LogP contribution in [0.1, 0.15) is 27.2 Å². The van der Waals surface area contributed by atoms with Crippen LogP contribution in [0.4, 0.5) is 0 Å². The summed E-state index contributed by atoms with van der Waals surface area (Å²) < 4.78 is 7.95. The van der Waals surface area contributed by atoms with Crippen LogP contribution >= 0.6 is 0 Å². The van der Waals surface area contributed by atoms with Crippen LogP contribution in [0.3, 0.4) is 0 Å². The number of rotatable bonds is 6. The number of benzene rings is 1. The van der Waals surface area contributed by atoms with Crippen molar-refractivity contribution in [3.05, 3.63) is 30.5 Å². The average Bonchev–Trinajstić information content (AvgIpc) is 2.81. The summed E-state index contributed by atoms with van der Waals surface area (Å²) in [4.78, 5) is 0. The predicted octanol–water partition coefficient (Wildman–Crippen LogP) is 3.42. The first-order valence-corrected chi connectivity index (χ1v) is 6.98. The monoisotopic (exact) mass is 260 g/mol. The summed E-state index contributed by atoms with van der Waals surface area (Å²) >= 11 is 0. The molecular formula is C16H24N2O. The SMILES string of the molecule is CCOc1cccc2c1ccn2CCC(C)(C)CN. The van der Waals surface area contributed by atoms with Crippen molar-refractivity contribution in [1.29, 1.82) is 0 Å². The molecule has 2 aromatic rings. The van der Waals surface area contributed by atoms with E-state index in [9.17, 15) is 0 Å². The van der Waals surface area contributed by atoms with E-state index >= 15 is 0 Å². The molecule has 0 saturated heterocycles. The number of hydrogen-bond donors (Lipinski definition) is 1. The molecule has 0 amide bonds. The van der Waals surface area contributed by atoms with Gasteiger partial charge in [-0.15, -0.1) is 0 Å². The Balaban J connectivity index is 2.23. The van der Waals surface area contributed by atoms with Crippen molar-refractivity contribution in [2.45, 2.75) is 33.7 Å². The van der Waals surface area contributed by atoms with Crippen LogP contribution < -0.4 is 10.5 Å². The second-order valence-electron chi connectivity index (χ2n) is 5.75. The summed E-state index contributed by atoms with van der Waals surface area (Å²) in [7, 11) is 0. The zero-order valence-corrected chi connectivity index (χ0v) is 12.1. The molecule has 0 radical (unpaired) electrons. The van der Waals surface area contributed by atoms with Gasteiger partial charge < -0.3 is 15.0 Å². The van der Waals surface area contributed by atoms with Gasteiger partial charge in [0.25, 0.3) is 0 Å². The van der Waals surface area contributed by atoms with Crippen molar-refractivity contribution in [3.8, 4) is 5.75 Å². The molecule has 2 N–H and O–H groups in total. The fraction of sp³-hybridized carbons (Fsp3) is 0.500. The van der Waals surface area contributed by atoms with Crippen LogP contribution in [0.2, 0.25) is 0 Å². The molecule has 0 spiro atoms. The van der Waals surface area contributed by atoms with Crippen molar-refractivity contribution in [1.82, 2.24) is 4.57 Å². The van der Waals surface area contributed by atoms with Gasteiger partial charge in [-0.05, 0) is 43.5 Å². The van der Waals surface area contributed by atoms with Crippen LogP contribution in [0.15, 0.2) is 30.5 Å². The number of aryl methyl sites for hydroxylation is 1. The van der Waals surface area contributed by atoms with Gasteiger partial charge in [0.05, 0.1) is 12.1 Å². The van der Waals surface area contributed by atoms with E-state index in [-0.39, 0.29) is 5.41 Å². The summed E-state index contributed by atoms with van der Waals surface area (Å²) in [5.74, 6) is 0.969. The van der Waals surface area contributed by atoms with E-state index in [1.165, 1.54) is 10.9 Å². The lowest BCUT2D eigenvalue weighted by Gasteiger charge is -2.22. The van der Waals surface area contributed by atoms with Gasteiger partial charge in [0.2, 0.25) is 0 Å². The molecule has 0 aliphatic heterocycles. The van der Waals surface area contributed by atoms with Gasteiger partial charge in [-0.25, -0.2) is 0 Å². The Labute approximate surface area is 115 Å². The van der Waals surface area contributed by atoms with Gasteiger partial charge in [0.15, 0.2) is 0 Å². The summed E-state index contributed by atoms with van der Waals surface area (Å²) in [6.45, 7) is 8.85. The number of hydrogen-bond acceptors (Lipinski definition) is 2. The fourth-order valence-electron chi connectivity index (χ4n) is 2.20. The highest BCUT2D eigenvalue weighted by Crippen LogP contribution is 2.28. The van der Waals surface area contributed by atoms with E-state index in [1.54, 1.807) is 0 Å². The Morgan fingerprint density at radius 3 is 2.74 bits per heavy atom. The van der Waals surface area contributed by atoms with Gasteiger partial charge in [0, 0.05) is 18.1 Å². The standard InChI is InChI=1S/C16H24N2O/c1-4-19-15-7-5-6-14-13(15)8-10-18(14)11-9-16(2,3)12-17/h5-8,10H,4,9,11-12,17H2,1-3H3. The van der Waals surface area contributed by atoms with Crippen LogP contribution in [-0.4, -0.2) is 17.7 Å². The van der Waals surface area contributed by atoms with Crippen molar-refractivity contribution >= 4 is 10.9 Å². The topological polar surface area (TPSA) is 40.2 Å². The summed E-state index contributed by atoms with van der Waals surface area (Å²) in [5.41, 5.74) is 7.22. The minimum Gasteiger partial charge on any atom is -0.493 e. The maximum Gasteiger partial charge on any atom is 0.128 e. The van der Waals surface area contributed by atoms with Crippen LogP contribution in [0.5, 0.6) is 5.75 Å². The zero-order valence-electron chi connectivity index (χ0n) is 12.1. The molecule has 0 atom stereocenters. The smallest absolute Gasteiger partial charge is 0.128 e. The molecule has 0 fully saturated rings. The Morgan fingerprint density at radius 1 is 1.26 bits per heavy atom. The van der Waals surface area contributed by atoms with E-state index in [2.05, 4.69) is 42.8 Å². The number of ether oxygens (including phenoxy) is 1. The lowest BCUT2D eigenvalue weighted by Crippen LogP contribution is -2.24. The van der Waals surface area contributed by atoms with Crippen molar-refractivity contribution in [3.63, 3.8) is 0 Å². The molecule has 1 aromatic carbocycles. The maximum absolute atomic E-state index is 5.79. The minimum atomic E-state index is 0.189. The van der Waals surface area contributed by atoms with Crippen molar-refractivity contribution in [2.75, 3.05) is 13.2 Å². The predicted molar refractivity (Wildman–Crippen MR) is 80.6 cm³/mol. The number of aromatic nitrogens is 1. The molecule has 0 saturated carbocycles. The molecule has 0 aliphatic rings. The third-order valence-electron chi connectivity index (χ3n) is 3.66. The second-order valence-corrected chi connectivity index (χ2v) is 5.75. The molecule has 1 heterocycles. The third-order valence-corrected chi connectivity index (χ3v) is 3.66. The molecule has 19 heavy (non-hydrogen) atoms. The minimum absolute atomic E-state index is 0.189. The zero-order chi connectivity index (χ0) is 13.9. The molecule has 2 rings (SSSR count). The van der Waals surface area contributed by atoms with Crippen molar-refractivity contribution in [2.24, 2.45) is 11.1 Å². The van der Waals surface area contributed by atoms with Gasteiger partial charge in [-0.3, -0.25) is 0 Å². The first-order chi connectivity index (χ1) is 9.07. The summed E-state index contributed by atoms with van der Waals surface area (Å²) in [6, 6.07) is 8.36. The molecule has 3 nitrogen and oxygen atoms in total. The molecule has 1 aromatic heterocycles. The molecule has 0 unspecified atom stereocenters. The Morgan fingerprint density at radius 2 is 2.05 bits per heavy atom. The normalized spacial score (nSPS) is 12.0. The lowest BCUT2D eigenvalue weighted by atomic mass is 9.90. The van der Waals surface area contributed by atoms with E-state index in [0.29, 0.717) is 6.61 Å². The van der Waals surface area contributed by atoms with Crippen molar-refractivity contribution < 1.29 is 4.74 Å². The number of nitrogens with two attached hydrogens (primary N) is 1. The van der Waals surface area contributed by atoms with Gasteiger partial charge in [-0.2, -0.15) is 0 Å². The number of nitrogens with zero attached hydrogens (tertiary/aromatic N) is 1. The highest BCUT2D eigenvalue weighted by Gasteiger charge is 2.16. The first-order valence-electron chi connectivity index (χ1n) is 6.98. The van der Waals surface area contributed by atoms with E-state index in [0.717, 1.165) is 25.3 Å². The van der Waals surface area contributed by atoms with Crippen LogP contribution in [0.25, 0.3) is 10.9 Å². The quantitative estimate of drug-likeness (QED) is 0.864. The largest absolute Gasteiger partial charge is 0.493 e. The number of fused-ring (bicyclic) bond motifs is 1. The Kier molecular flexibility index (Phi) is 4.15. The lowest BCUT2D eigenvalue weighted by molar-refractivity contribution is 0.326. The molecular weight excluding hydrogens is 236 g/mol. The molecule has 0 aliphatic carbocycles. The van der Waals surface area contributed by atoms with E-state index < -0.39 is 0 Å². The molecule has 104 valence electrons. The second kappa shape index (κ2) is 5.66. The average molecular weight is 260 g/mol. The Hall–Kier alpha value is -1.48. The third kappa shape index (κ3) is 3.10. The fourth-order valence-corrected chi connectivity index (χ4v) is 2.20. The first kappa shape index (κ1) is 13.9. The highest BCUT2D eigenvalue weighted by molar-refractivity contribution is 5.86. The Bertz CT molecular complexity index is 543. The highest BCUT2D eigenvalue weighted by atomic mass is 16.5. The van der Waals surface area contributed by atoms with Crippen LogP contribution in [-0.2, 0) is 6.54 Å². The maximum atomic E-state index is 5.79. The molecule has 3 heteroatoms. The summed E-state index contributed by atoms with van der Waals surface area (Å²) in [6.07, 6.45) is 3.21. The van der Waals surface area contributed by atoms with Gasteiger partial charge >= 0.3 is 0 Å². The summed E-state index contributed by atoms with van der Waals surface area (Å²) in [5, 5.41) is 1.19. The molecule has 0 bridgehead atoms. The van der Waals surface area contributed by atoms with E-state index in [4.69, 9.17) is 10.5 Å². The van der Waals surface area contributed by atoms with E-state index in [1.807, 2.05) is 13.0 Å². The van der Waals surface area contributed by atoms with Crippen LogP contribution in [0, 0.1) is 5.41 Å².